The van der Waals surface area contributed by atoms with Crippen molar-refractivity contribution in [1.82, 2.24) is 0 Å². The van der Waals surface area contributed by atoms with Crippen LogP contribution in [0.25, 0.3) is 0 Å². The molecule has 0 atom stereocenters. The zero-order valence-electron chi connectivity index (χ0n) is 11.2. The Labute approximate surface area is 123 Å². The van der Waals surface area contributed by atoms with Gasteiger partial charge < -0.3 is 5.11 Å². The van der Waals surface area contributed by atoms with Crippen LogP contribution in [0.1, 0.15) is 23.8 Å². The number of hydrogen-bond acceptors (Lipinski definition) is 4. The van der Waals surface area contributed by atoms with Crippen LogP contribution in [-0.4, -0.2) is 13.5 Å². The summed E-state index contributed by atoms with van der Waals surface area (Å²) in [5.41, 5.74) is 1.57. The number of aryl methyl sites for hydroxylation is 1. The van der Waals surface area contributed by atoms with Crippen molar-refractivity contribution in [2.75, 3.05) is 4.72 Å². The molecule has 0 radical (unpaired) electrons. The number of aliphatic hydroxyl groups is 1. The molecule has 0 saturated heterocycles. The van der Waals surface area contributed by atoms with Crippen LogP contribution >= 0.6 is 11.3 Å². The fourth-order valence-corrected chi connectivity index (χ4v) is 4.39. The number of thiophene rings is 1. The van der Waals surface area contributed by atoms with Crippen LogP contribution in [0, 0.1) is 0 Å². The highest BCUT2D eigenvalue weighted by atomic mass is 32.2. The normalized spacial score (nSPS) is 11.5. The zero-order valence-corrected chi connectivity index (χ0v) is 12.8. The van der Waals surface area contributed by atoms with Crippen LogP contribution in [0.5, 0.6) is 0 Å². The number of para-hydroxylation sites is 1. The summed E-state index contributed by atoms with van der Waals surface area (Å²) in [5.74, 6) is 0. The van der Waals surface area contributed by atoms with Gasteiger partial charge in [-0.3, -0.25) is 4.72 Å². The summed E-state index contributed by atoms with van der Waals surface area (Å²) in [6, 6.07) is 8.89. The highest BCUT2D eigenvalue weighted by Crippen LogP contribution is 2.26. The predicted molar refractivity (Wildman–Crippen MR) is 81.5 cm³/mol. The van der Waals surface area contributed by atoms with Crippen molar-refractivity contribution in [3.8, 4) is 0 Å². The Morgan fingerprint density at radius 1 is 1.25 bits per heavy atom. The minimum absolute atomic E-state index is 0.149. The van der Waals surface area contributed by atoms with E-state index in [0.717, 1.165) is 18.4 Å². The maximum absolute atomic E-state index is 12.4. The summed E-state index contributed by atoms with van der Waals surface area (Å²) in [6.45, 7) is 1.78. The molecule has 1 aromatic carbocycles. The van der Waals surface area contributed by atoms with Gasteiger partial charge in [0.15, 0.2) is 0 Å². The van der Waals surface area contributed by atoms with Crippen molar-refractivity contribution in [3.63, 3.8) is 0 Å². The molecule has 0 saturated carbocycles. The van der Waals surface area contributed by atoms with Crippen LogP contribution < -0.4 is 4.72 Å². The molecule has 2 N–H and O–H groups in total. The summed E-state index contributed by atoms with van der Waals surface area (Å²) < 4.78 is 27.4. The predicted octanol–water partition coefficient (Wildman–Crippen LogP) is 2.99. The molecule has 2 rings (SSSR count). The van der Waals surface area contributed by atoms with E-state index >= 15 is 0 Å². The highest BCUT2D eigenvalue weighted by molar-refractivity contribution is 7.93. The molecule has 0 aliphatic carbocycles. The number of anilines is 1. The molecular formula is C14H17NO3S2. The van der Waals surface area contributed by atoms with Crippen LogP contribution in [0.2, 0.25) is 0 Å². The van der Waals surface area contributed by atoms with E-state index in [9.17, 15) is 13.5 Å². The van der Waals surface area contributed by atoms with Crippen molar-refractivity contribution in [3.05, 3.63) is 46.2 Å². The number of hydrogen-bond donors (Lipinski definition) is 2. The quantitative estimate of drug-likeness (QED) is 0.862. The fraction of sp³-hybridized carbons (Fsp3) is 0.286. The van der Waals surface area contributed by atoms with Gasteiger partial charge in [-0.15, -0.1) is 11.3 Å². The number of aliphatic hydroxyl groups excluding tert-OH is 1. The van der Waals surface area contributed by atoms with Gasteiger partial charge >= 0.3 is 0 Å². The summed E-state index contributed by atoms with van der Waals surface area (Å²) >= 11 is 1.23. The second-order valence-corrected chi connectivity index (χ2v) is 7.03. The van der Waals surface area contributed by atoms with Gasteiger partial charge in [-0.1, -0.05) is 31.5 Å². The standard InChI is InChI=1S/C14H17NO3S2/c1-2-5-11-6-3-4-7-12(11)15-20(17,18)14-8-9-19-13(14)10-16/h3-4,6-9,15-16H,2,5,10H2,1H3. The van der Waals surface area contributed by atoms with Crippen molar-refractivity contribution >= 4 is 27.0 Å². The smallest absolute Gasteiger partial charge is 0.263 e. The average molecular weight is 311 g/mol. The maximum atomic E-state index is 12.4. The molecule has 1 aromatic heterocycles. The molecule has 108 valence electrons. The van der Waals surface area contributed by atoms with E-state index in [1.807, 2.05) is 19.1 Å². The number of nitrogens with one attached hydrogen (secondary N) is 1. The monoisotopic (exact) mass is 311 g/mol. The molecule has 20 heavy (non-hydrogen) atoms. The van der Waals surface area contributed by atoms with Crippen LogP contribution in [0.4, 0.5) is 5.69 Å². The Kier molecular flexibility index (Phi) is 4.80. The molecule has 6 heteroatoms. The molecule has 2 aromatic rings. The molecule has 0 spiro atoms. The van der Waals surface area contributed by atoms with Crippen molar-refractivity contribution < 1.29 is 13.5 Å². The van der Waals surface area contributed by atoms with E-state index < -0.39 is 10.0 Å². The first-order chi connectivity index (χ1) is 9.58. The highest BCUT2D eigenvalue weighted by Gasteiger charge is 2.20. The van der Waals surface area contributed by atoms with Gasteiger partial charge in [-0.05, 0) is 29.5 Å². The molecule has 0 fully saturated rings. The largest absolute Gasteiger partial charge is 0.391 e. The number of rotatable bonds is 6. The van der Waals surface area contributed by atoms with E-state index in [0.29, 0.717) is 10.6 Å². The summed E-state index contributed by atoms with van der Waals surface area (Å²) in [4.78, 5) is 0.599. The van der Waals surface area contributed by atoms with Crippen molar-refractivity contribution in [2.24, 2.45) is 0 Å². The third kappa shape index (κ3) is 3.20. The Morgan fingerprint density at radius 3 is 2.70 bits per heavy atom. The molecule has 4 nitrogen and oxygen atoms in total. The third-order valence-corrected chi connectivity index (χ3v) is 5.40. The van der Waals surface area contributed by atoms with Crippen LogP contribution in [0.3, 0.4) is 0 Å². The van der Waals surface area contributed by atoms with Gasteiger partial charge in [0.25, 0.3) is 10.0 Å². The summed E-state index contributed by atoms with van der Waals surface area (Å²) in [6.07, 6.45) is 1.76. The van der Waals surface area contributed by atoms with Gasteiger partial charge in [-0.2, -0.15) is 0 Å². The zero-order chi connectivity index (χ0) is 14.6. The van der Waals surface area contributed by atoms with Gasteiger partial charge in [0.05, 0.1) is 17.2 Å². The molecule has 0 amide bonds. The summed E-state index contributed by atoms with van der Waals surface area (Å²) in [7, 11) is -3.65. The van der Waals surface area contributed by atoms with Gasteiger partial charge in [0.2, 0.25) is 0 Å². The van der Waals surface area contributed by atoms with Gasteiger partial charge in [0.1, 0.15) is 4.90 Å². The maximum Gasteiger partial charge on any atom is 0.263 e. The lowest BCUT2D eigenvalue weighted by Gasteiger charge is -2.12. The average Bonchev–Trinajstić information content (AvgIpc) is 2.90. The van der Waals surface area contributed by atoms with Gasteiger partial charge in [0, 0.05) is 0 Å². The molecule has 0 bridgehead atoms. The number of benzene rings is 1. The van der Waals surface area contributed by atoms with E-state index in [4.69, 9.17) is 0 Å². The van der Waals surface area contributed by atoms with Crippen molar-refractivity contribution in [2.45, 2.75) is 31.3 Å². The molecule has 0 aliphatic rings. The molecular weight excluding hydrogens is 294 g/mol. The Hall–Kier alpha value is -1.37. The molecule has 0 unspecified atom stereocenters. The van der Waals surface area contributed by atoms with E-state index in [2.05, 4.69) is 4.72 Å². The Balaban J connectivity index is 2.34. The summed E-state index contributed by atoms with van der Waals surface area (Å²) in [5, 5.41) is 10.9. The van der Waals surface area contributed by atoms with E-state index in [1.165, 1.54) is 17.4 Å². The first-order valence-electron chi connectivity index (χ1n) is 6.36. The lowest BCUT2D eigenvalue weighted by molar-refractivity contribution is 0.282. The first kappa shape index (κ1) is 15.0. The number of sulfonamides is 1. The van der Waals surface area contributed by atoms with Crippen molar-refractivity contribution in [1.29, 1.82) is 0 Å². The second kappa shape index (κ2) is 6.39. The third-order valence-electron chi connectivity index (χ3n) is 2.92. The first-order valence-corrected chi connectivity index (χ1v) is 8.72. The fourth-order valence-electron chi connectivity index (χ4n) is 1.99. The Morgan fingerprint density at radius 2 is 2.00 bits per heavy atom. The lowest BCUT2D eigenvalue weighted by atomic mass is 10.1. The topological polar surface area (TPSA) is 66.4 Å². The van der Waals surface area contributed by atoms with Gasteiger partial charge in [-0.25, -0.2) is 8.42 Å². The minimum Gasteiger partial charge on any atom is -0.391 e. The molecule has 0 aliphatic heterocycles. The second-order valence-electron chi connectivity index (χ2n) is 4.38. The van der Waals surface area contributed by atoms with E-state index in [-0.39, 0.29) is 11.5 Å². The lowest BCUT2D eigenvalue weighted by Crippen LogP contribution is -2.15. The van der Waals surface area contributed by atoms with Crippen LogP contribution in [0.15, 0.2) is 40.6 Å². The van der Waals surface area contributed by atoms with Crippen LogP contribution in [-0.2, 0) is 23.1 Å². The molecule has 1 heterocycles. The Bertz CT molecular complexity index is 677. The van der Waals surface area contributed by atoms with E-state index in [1.54, 1.807) is 17.5 Å². The SMILES string of the molecule is CCCc1ccccc1NS(=O)(=O)c1ccsc1CO. The minimum atomic E-state index is -3.65.